The first kappa shape index (κ1) is 16.6. The van der Waals surface area contributed by atoms with Gasteiger partial charge in [0.25, 0.3) is 0 Å². The van der Waals surface area contributed by atoms with Crippen LogP contribution in [-0.4, -0.2) is 31.2 Å². The molecule has 0 saturated carbocycles. The lowest BCUT2D eigenvalue weighted by Gasteiger charge is -2.24. The smallest absolute Gasteiger partial charge is 0.207 e. The van der Waals surface area contributed by atoms with Crippen LogP contribution in [0.1, 0.15) is 25.7 Å². The van der Waals surface area contributed by atoms with Gasteiger partial charge in [-0.25, -0.2) is 8.42 Å². The molecule has 20 heavy (non-hydrogen) atoms. The molecule has 0 N–H and O–H groups in total. The van der Waals surface area contributed by atoms with Gasteiger partial charge in [-0.15, -0.1) is 11.6 Å². The summed E-state index contributed by atoms with van der Waals surface area (Å²) >= 11 is 15.1. The van der Waals surface area contributed by atoms with Gasteiger partial charge in [-0.05, 0) is 43.9 Å². The molecule has 1 aliphatic heterocycles. The average Bonchev–Trinajstić information content (AvgIpc) is 2.84. The predicted octanol–water partition coefficient (Wildman–Crippen LogP) is 4.27. The minimum atomic E-state index is -3.53. The van der Waals surface area contributed by atoms with Crippen molar-refractivity contribution in [1.82, 2.24) is 4.31 Å². The van der Waals surface area contributed by atoms with E-state index < -0.39 is 10.0 Å². The fraction of sp³-hybridized carbons (Fsp3) is 0.538. The minimum Gasteiger partial charge on any atom is -0.207 e. The highest BCUT2D eigenvalue weighted by Gasteiger charge is 2.35. The molecule has 1 atom stereocenters. The quantitative estimate of drug-likeness (QED) is 0.692. The summed E-state index contributed by atoms with van der Waals surface area (Å²) in [6.45, 7) is 0.557. The second kappa shape index (κ2) is 6.97. The molecule has 3 nitrogen and oxygen atoms in total. The van der Waals surface area contributed by atoms with E-state index in [0.29, 0.717) is 12.4 Å². The third kappa shape index (κ3) is 3.50. The Morgan fingerprint density at radius 3 is 2.80 bits per heavy atom. The molecule has 0 bridgehead atoms. The maximum Gasteiger partial charge on any atom is 0.244 e. The zero-order valence-corrected chi connectivity index (χ0v) is 14.8. The zero-order valence-electron chi connectivity index (χ0n) is 10.9. The Morgan fingerprint density at radius 2 is 2.15 bits per heavy atom. The molecule has 0 amide bonds. The maximum absolute atomic E-state index is 12.7. The number of hydrogen-bond acceptors (Lipinski definition) is 2. The van der Waals surface area contributed by atoms with E-state index in [1.807, 2.05) is 0 Å². The van der Waals surface area contributed by atoms with Gasteiger partial charge in [0.2, 0.25) is 10.0 Å². The van der Waals surface area contributed by atoms with Crippen molar-refractivity contribution in [2.45, 2.75) is 36.6 Å². The summed E-state index contributed by atoms with van der Waals surface area (Å²) in [5.74, 6) is 0.559. The van der Waals surface area contributed by atoms with Crippen LogP contribution in [-0.2, 0) is 10.0 Å². The van der Waals surface area contributed by atoms with E-state index in [-0.39, 0.29) is 16.0 Å². The Kier molecular flexibility index (Phi) is 5.77. The lowest BCUT2D eigenvalue weighted by Crippen LogP contribution is -2.35. The van der Waals surface area contributed by atoms with Crippen molar-refractivity contribution in [1.29, 1.82) is 0 Å². The SMILES string of the molecule is O=S(=O)(c1ccc(Br)cc1Cl)N1CCCC1CCCCl. The molecule has 1 heterocycles. The third-order valence-corrected chi connectivity index (χ3v) is 6.67. The van der Waals surface area contributed by atoms with Crippen molar-refractivity contribution in [2.24, 2.45) is 0 Å². The molecule has 7 heteroatoms. The average molecular weight is 401 g/mol. The van der Waals surface area contributed by atoms with Crippen LogP contribution < -0.4 is 0 Å². The number of benzene rings is 1. The van der Waals surface area contributed by atoms with Gasteiger partial charge in [0.05, 0.1) is 5.02 Å². The van der Waals surface area contributed by atoms with Crippen molar-refractivity contribution in [2.75, 3.05) is 12.4 Å². The first-order valence-electron chi connectivity index (χ1n) is 6.49. The highest BCUT2D eigenvalue weighted by Crippen LogP contribution is 2.33. The van der Waals surface area contributed by atoms with E-state index in [0.717, 1.165) is 30.2 Å². The molecular weight excluding hydrogens is 385 g/mol. The predicted molar refractivity (Wildman–Crippen MR) is 86.0 cm³/mol. The number of alkyl halides is 1. The van der Waals surface area contributed by atoms with Gasteiger partial charge in [0.15, 0.2) is 0 Å². The second-order valence-electron chi connectivity index (χ2n) is 4.82. The van der Waals surface area contributed by atoms with Crippen LogP contribution in [0.4, 0.5) is 0 Å². The van der Waals surface area contributed by atoms with Crippen molar-refractivity contribution < 1.29 is 8.42 Å². The standard InChI is InChI=1S/C13H16BrCl2NO2S/c14-10-5-6-13(12(16)9-10)20(18,19)17-8-2-4-11(17)3-1-7-15/h5-6,9,11H,1-4,7-8H2. The number of sulfonamides is 1. The molecule has 1 unspecified atom stereocenters. The van der Waals surface area contributed by atoms with Crippen LogP contribution in [0, 0.1) is 0 Å². The van der Waals surface area contributed by atoms with Crippen LogP contribution in [0.25, 0.3) is 0 Å². The van der Waals surface area contributed by atoms with Gasteiger partial charge in [-0.1, -0.05) is 27.5 Å². The van der Waals surface area contributed by atoms with Crippen molar-refractivity contribution in [3.8, 4) is 0 Å². The molecule has 2 rings (SSSR count). The van der Waals surface area contributed by atoms with Crippen LogP contribution in [0.2, 0.25) is 5.02 Å². The van der Waals surface area contributed by atoms with Crippen LogP contribution in [0.15, 0.2) is 27.6 Å². The summed E-state index contributed by atoms with van der Waals surface area (Å²) in [7, 11) is -3.53. The number of hydrogen-bond donors (Lipinski definition) is 0. The van der Waals surface area contributed by atoms with E-state index in [1.54, 1.807) is 22.5 Å². The Balaban J connectivity index is 2.29. The van der Waals surface area contributed by atoms with E-state index in [1.165, 1.54) is 0 Å². The summed E-state index contributed by atoms with van der Waals surface area (Å²) in [6.07, 6.45) is 3.41. The topological polar surface area (TPSA) is 37.4 Å². The summed E-state index contributed by atoms with van der Waals surface area (Å²) < 4.78 is 27.8. The number of nitrogens with zero attached hydrogens (tertiary/aromatic N) is 1. The Bertz CT molecular complexity index is 580. The van der Waals surface area contributed by atoms with E-state index >= 15 is 0 Å². The number of halogens is 3. The lowest BCUT2D eigenvalue weighted by atomic mass is 10.1. The monoisotopic (exact) mass is 399 g/mol. The first-order valence-corrected chi connectivity index (χ1v) is 9.64. The molecule has 1 fully saturated rings. The fourth-order valence-corrected chi connectivity index (χ4v) is 5.43. The lowest BCUT2D eigenvalue weighted by molar-refractivity contribution is 0.368. The van der Waals surface area contributed by atoms with E-state index in [9.17, 15) is 8.42 Å². The highest BCUT2D eigenvalue weighted by atomic mass is 79.9. The molecule has 0 radical (unpaired) electrons. The normalized spacial score (nSPS) is 20.4. The van der Waals surface area contributed by atoms with Gasteiger partial charge in [-0.3, -0.25) is 0 Å². The summed E-state index contributed by atoms with van der Waals surface area (Å²) in [5.41, 5.74) is 0. The van der Waals surface area contributed by atoms with Gasteiger partial charge < -0.3 is 0 Å². The summed E-state index contributed by atoms with van der Waals surface area (Å²) in [4.78, 5) is 0.181. The minimum absolute atomic E-state index is 0.0402. The van der Waals surface area contributed by atoms with Crippen LogP contribution >= 0.6 is 39.1 Å². The van der Waals surface area contributed by atoms with Crippen molar-refractivity contribution >= 4 is 49.2 Å². The first-order chi connectivity index (χ1) is 9.46. The number of rotatable bonds is 5. The largest absolute Gasteiger partial charge is 0.244 e. The second-order valence-corrected chi connectivity index (χ2v) is 8.38. The Labute approximate surface area is 138 Å². The highest BCUT2D eigenvalue weighted by molar-refractivity contribution is 9.10. The maximum atomic E-state index is 12.7. The summed E-state index contributed by atoms with van der Waals surface area (Å²) in [6, 6.07) is 4.90. The molecule has 0 aliphatic carbocycles. The molecule has 1 aliphatic rings. The van der Waals surface area contributed by atoms with E-state index in [2.05, 4.69) is 15.9 Å². The Morgan fingerprint density at radius 1 is 1.40 bits per heavy atom. The van der Waals surface area contributed by atoms with Crippen molar-refractivity contribution in [3.05, 3.63) is 27.7 Å². The third-order valence-electron chi connectivity index (χ3n) is 3.47. The Hall–Kier alpha value is 0.190. The molecule has 1 aromatic carbocycles. The molecule has 112 valence electrons. The molecule has 1 aromatic rings. The van der Waals surface area contributed by atoms with Gasteiger partial charge in [0, 0.05) is 22.9 Å². The molecular formula is C13H16BrCl2NO2S. The van der Waals surface area contributed by atoms with E-state index in [4.69, 9.17) is 23.2 Å². The van der Waals surface area contributed by atoms with Crippen LogP contribution in [0.5, 0.6) is 0 Å². The molecule has 1 saturated heterocycles. The van der Waals surface area contributed by atoms with Gasteiger partial charge >= 0.3 is 0 Å². The molecule has 0 spiro atoms. The fourth-order valence-electron chi connectivity index (χ4n) is 2.54. The van der Waals surface area contributed by atoms with Gasteiger partial charge in [0.1, 0.15) is 4.90 Å². The van der Waals surface area contributed by atoms with Crippen LogP contribution in [0.3, 0.4) is 0 Å². The van der Waals surface area contributed by atoms with Gasteiger partial charge in [-0.2, -0.15) is 4.31 Å². The van der Waals surface area contributed by atoms with Crippen molar-refractivity contribution in [3.63, 3.8) is 0 Å². The summed E-state index contributed by atoms with van der Waals surface area (Å²) in [5, 5.41) is 0.252. The zero-order chi connectivity index (χ0) is 14.8. The molecule has 0 aromatic heterocycles.